The van der Waals surface area contributed by atoms with E-state index in [2.05, 4.69) is 6.92 Å². The summed E-state index contributed by atoms with van der Waals surface area (Å²) in [7, 11) is 0. The van der Waals surface area contributed by atoms with Crippen molar-refractivity contribution < 1.29 is 14.3 Å². The van der Waals surface area contributed by atoms with Gasteiger partial charge in [-0.05, 0) is 6.42 Å². The van der Waals surface area contributed by atoms with Crippen LogP contribution in [0.15, 0.2) is 0 Å². The summed E-state index contributed by atoms with van der Waals surface area (Å²) in [5.74, 6) is -0.175. The molecule has 1 saturated heterocycles. The van der Waals surface area contributed by atoms with Crippen LogP contribution in [0.5, 0.6) is 0 Å². The van der Waals surface area contributed by atoms with E-state index in [0.717, 1.165) is 6.42 Å². The van der Waals surface area contributed by atoms with Crippen molar-refractivity contribution in [3.63, 3.8) is 0 Å². The number of unbranched alkanes of at least 4 members (excludes halogenated alkanes) is 9. The van der Waals surface area contributed by atoms with E-state index in [0.29, 0.717) is 13.2 Å². The molecule has 1 heterocycles. The van der Waals surface area contributed by atoms with Gasteiger partial charge in [0.05, 0.1) is 13.2 Å². The van der Waals surface area contributed by atoms with Crippen molar-refractivity contribution in [2.75, 3.05) is 13.2 Å². The van der Waals surface area contributed by atoms with Crippen LogP contribution in [0.1, 0.15) is 71.1 Å². The number of epoxide rings is 1. The van der Waals surface area contributed by atoms with E-state index in [1.165, 1.54) is 57.8 Å². The summed E-state index contributed by atoms with van der Waals surface area (Å²) in [4.78, 5) is 11.1. The van der Waals surface area contributed by atoms with Crippen molar-refractivity contribution in [3.8, 4) is 0 Å². The largest absolute Gasteiger partial charge is 0.464 e. The van der Waals surface area contributed by atoms with Crippen LogP contribution in [0.2, 0.25) is 0 Å². The smallest absolute Gasteiger partial charge is 0.337 e. The van der Waals surface area contributed by atoms with Crippen molar-refractivity contribution in [1.29, 1.82) is 0 Å². The summed E-state index contributed by atoms with van der Waals surface area (Å²) < 4.78 is 9.92. The standard InChI is InChI=1S/C15H28O3/c1-2-3-4-5-6-7-8-9-10-11-12-17-15(16)14-13-18-14/h14H,2-13H2,1H3. The molecule has 106 valence electrons. The van der Waals surface area contributed by atoms with Crippen LogP contribution < -0.4 is 0 Å². The van der Waals surface area contributed by atoms with E-state index >= 15 is 0 Å². The SMILES string of the molecule is CCCCCCCCCCCCOC(=O)C1CO1. The monoisotopic (exact) mass is 256 g/mol. The van der Waals surface area contributed by atoms with Crippen molar-refractivity contribution in [1.82, 2.24) is 0 Å². The lowest BCUT2D eigenvalue weighted by Crippen LogP contribution is -2.12. The van der Waals surface area contributed by atoms with E-state index in [1.54, 1.807) is 0 Å². The zero-order valence-corrected chi connectivity index (χ0v) is 11.8. The Morgan fingerprint density at radius 3 is 2.00 bits per heavy atom. The Bertz CT molecular complexity index is 212. The number of hydrogen-bond acceptors (Lipinski definition) is 3. The summed E-state index contributed by atoms with van der Waals surface area (Å²) in [5.41, 5.74) is 0. The first-order valence-corrected chi connectivity index (χ1v) is 7.63. The molecule has 0 saturated carbocycles. The van der Waals surface area contributed by atoms with E-state index in [1.807, 2.05) is 0 Å². The van der Waals surface area contributed by atoms with Gasteiger partial charge in [-0.15, -0.1) is 0 Å². The predicted octanol–water partition coefficient (Wildman–Crippen LogP) is 3.85. The van der Waals surface area contributed by atoms with Gasteiger partial charge in [-0.25, -0.2) is 4.79 Å². The van der Waals surface area contributed by atoms with Crippen LogP contribution >= 0.6 is 0 Å². The lowest BCUT2D eigenvalue weighted by Gasteiger charge is -2.03. The van der Waals surface area contributed by atoms with Gasteiger partial charge in [-0.2, -0.15) is 0 Å². The highest BCUT2D eigenvalue weighted by atomic mass is 16.6. The zero-order chi connectivity index (χ0) is 13.1. The summed E-state index contributed by atoms with van der Waals surface area (Å²) in [5, 5.41) is 0. The molecule has 1 aliphatic rings. The predicted molar refractivity (Wildman–Crippen MR) is 72.5 cm³/mol. The molecular weight excluding hydrogens is 228 g/mol. The quantitative estimate of drug-likeness (QED) is 0.302. The Kier molecular flexibility index (Phi) is 8.92. The van der Waals surface area contributed by atoms with Crippen LogP contribution in [-0.4, -0.2) is 25.3 Å². The van der Waals surface area contributed by atoms with Crippen molar-refractivity contribution in [2.24, 2.45) is 0 Å². The Balaban J connectivity index is 1.69. The minimum absolute atomic E-state index is 0.175. The fourth-order valence-electron chi connectivity index (χ4n) is 2.04. The van der Waals surface area contributed by atoms with Crippen LogP contribution in [0, 0.1) is 0 Å². The van der Waals surface area contributed by atoms with Crippen molar-refractivity contribution in [2.45, 2.75) is 77.2 Å². The van der Waals surface area contributed by atoms with E-state index in [9.17, 15) is 4.79 Å². The molecule has 0 bridgehead atoms. The molecule has 0 amide bonds. The second-order valence-electron chi connectivity index (χ2n) is 5.17. The molecule has 3 nitrogen and oxygen atoms in total. The molecule has 0 radical (unpaired) electrons. The third kappa shape index (κ3) is 8.51. The molecule has 1 atom stereocenters. The number of esters is 1. The Morgan fingerprint density at radius 1 is 1.00 bits per heavy atom. The highest BCUT2D eigenvalue weighted by Gasteiger charge is 2.32. The first-order valence-electron chi connectivity index (χ1n) is 7.63. The lowest BCUT2D eigenvalue weighted by atomic mass is 10.1. The maximum absolute atomic E-state index is 11.1. The molecule has 0 spiro atoms. The lowest BCUT2D eigenvalue weighted by molar-refractivity contribution is -0.145. The van der Waals surface area contributed by atoms with Crippen molar-refractivity contribution in [3.05, 3.63) is 0 Å². The fraction of sp³-hybridized carbons (Fsp3) is 0.933. The van der Waals surface area contributed by atoms with Gasteiger partial charge in [0.15, 0.2) is 6.10 Å². The minimum Gasteiger partial charge on any atom is -0.464 e. The number of hydrogen-bond donors (Lipinski definition) is 0. The highest BCUT2D eigenvalue weighted by molar-refractivity contribution is 5.76. The second-order valence-corrected chi connectivity index (χ2v) is 5.17. The molecule has 0 aromatic heterocycles. The number of carbonyl (C=O) groups is 1. The van der Waals surface area contributed by atoms with Crippen LogP contribution in [-0.2, 0) is 14.3 Å². The van der Waals surface area contributed by atoms with E-state index < -0.39 is 0 Å². The summed E-state index contributed by atoms with van der Waals surface area (Å²) in [6, 6.07) is 0. The molecule has 1 unspecified atom stereocenters. The molecule has 0 aromatic carbocycles. The van der Waals surface area contributed by atoms with Gasteiger partial charge in [0, 0.05) is 0 Å². The van der Waals surface area contributed by atoms with Crippen LogP contribution in [0.4, 0.5) is 0 Å². The summed E-state index contributed by atoms with van der Waals surface area (Å²) in [6.45, 7) is 3.37. The van der Waals surface area contributed by atoms with Gasteiger partial charge in [0.1, 0.15) is 0 Å². The number of rotatable bonds is 12. The van der Waals surface area contributed by atoms with Gasteiger partial charge in [-0.1, -0.05) is 64.7 Å². The first-order chi connectivity index (χ1) is 8.84. The molecule has 1 fully saturated rings. The third-order valence-electron chi connectivity index (χ3n) is 3.34. The maximum atomic E-state index is 11.1. The number of ether oxygens (including phenoxy) is 2. The Morgan fingerprint density at radius 2 is 1.50 bits per heavy atom. The Hall–Kier alpha value is -0.570. The molecule has 0 aromatic rings. The molecule has 1 rings (SSSR count). The van der Waals surface area contributed by atoms with Gasteiger partial charge in [0.2, 0.25) is 0 Å². The normalized spacial score (nSPS) is 17.7. The first kappa shape index (κ1) is 15.5. The molecule has 0 N–H and O–H groups in total. The average Bonchev–Trinajstić information content (AvgIpc) is 3.20. The zero-order valence-electron chi connectivity index (χ0n) is 11.8. The minimum atomic E-state index is -0.242. The Labute approximate surface area is 111 Å². The molecule has 18 heavy (non-hydrogen) atoms. The second kappa shape index (κ2) is 10.4. The molecule has 1 aliphatic heterocycles. The average molecular weight is 256 g/mol. The van der Waals surface area contributed by atoms with Gasteiger partial charge >= 0.3 is 5.97 Å². The van der Waals surface area contributed by atoms with Crippen molar-refractivity contribution >= 4 is 5.97 Å². The maximum Gasteiger partial charge on any atom is 0.337 e. The number of carbonyl (C=O) groups excluding carboxylic acids is 1. The molecular formula is C15H28O3. The van der Waals surface area contributed by atoms with E-state index in [-0.39, 0.29) is 12.1 Å². The van der Waals surface area contributed by atoms with Gasteiger partial charge < -0.3 is 9.47 Å². The molecule has 3 heteroatoms. The van der Waals surface area contributed by atoms with Gasteiger partial charge in [0.25, 0.3) is 0 Å². The third-order valence-corrected chi connectivity index (χ3v) is 3.34. The topological polar surface area (TPSA) is 38.8 Å². The summed E-state index contributed by atoms with van der Waals surface area (Å²) in [6.07, 6.45) is 12.8. The van der Waals surface area contributed by atoms with Crippen LogP contribution in [0.25, 0.3) is 0 Å². The summed E-state index contributed by atoms with van der Waals surface area (Å²) >= 11 is 0. The van der Waals surface area contributed by atoms with Gasteiger partial charge in [-0.3, -0.25) is 0 Å². The molecule has 0 aliphatic carbocycles. The highest BCUT2D eigenvalue weighted by Crippen LogP contribution is 2.12. The van der Waals surface area contributed by atoms with Crippen LogP contribution in [0.3, 0.4) is 0 Å². The fourth-order valence-corrected chi connectivity index (χ4v) is 2.04. The van der Waals surface area contributed by atoms with E-state index in [4.69, 9.17) is 9.47 Å².